The zero-order valence-electron chi connectivity index (χ0n) is 12.0. The van der Waals surface area contributed by atoms with Crippen molar-refractivity contribution in [2.24, 2.45) is 0 Å². The average Bonchev–Trinajstić information content (AvgIpc) is 2.71. The van der Waals surface area contributed by atoms with Crippen LogP contribution in [0.3, 0.4) is 0 Å². The summed E-state index contributed by atoms with van der Waals surface area (Å²) >= 11 is 12.2. The van der Waals surface area contributed by atoms with Crippen LogP contribution < -0.4 is 5.32 Å². The molecule has 0 unspecified atom stereocenters. The number of hydrogen-bond donors (Lipinski definition) is 1. The van der Waals surface area contributed by atoms with Crippen molar-refractivity contribution in [3.63, 3.8) is 0 Å². The summed E-state index contributed by atoms with van der Waals surface area (Å²) in [5.41, 5.74) is 0.733. The minimum absolute atomic E-state index is 0.153. The summed E-state index contributed by atoms with van der Waals surface area (Å²) in [6.45, 7) is 1.61. The molecule has 1 saturated heterocycles. The van der Waals surface area contributed by atoms with Gasteiger partial charge in [0.15, 0.2) is 0 Å². The van der Waals surface area contributed by atoms with Gasteiger partial charge in [0.2, 0.25) is 10.0 Å². The molecule has 1 aliphatic rings. The van der Waals surface area contributed by atoms with Gasteiger partial charge in [-0.05, 0) is 37.6 Å². The number of sulfonamides is 1. The largest absolute Gasteiger partial charge is 0.316 e. The third kappa shape index (κ3) is 3.90. The highest BCUT2D eigenvalue weighted by atomic mass is 35.5. The Bertz CT molecular complexity index is 597. The molecule has 1 aromatic carbocycles. The Morgan fingerprint density at radius 3 is 2.29 bits per heavy atom. The van der Waals surface area contributed by atoms with Gasteiger partial charge in [0.05, 0.1) is 5.02 Å². The molecule has 2 rings (SSSR count). The number of nitrogens with zero attached hydrogens (tertiary/aromatic N) is 1. The molecular formula is C14H20Cl2N2O2S. The van der Waals surface area contributed by atoms with Crippen LogP contribution in [0.4, 0.5) is 0 Å². The second-order valence-electron chi connectivity index (χ2n) is 5.22. The number of nitrogens with one attached hydrogen (secondary N) is 1. The molecule has 7 heteroatoms. The van der Waals surface area contributed by atoms with Crippen LogP contribution in [0.15, 0.2) is 17.0 Å². The van der Waals surface area contributed by atoms with Crippen molar-refractivity contribution in [2.45, 2.75) is 37.1 Å². The highest BCUT2D eigenvalue weighted by Gasteiger charge is 2.28. The van der Waals surface area contributed by atoms with Gasteiger partial charge in [-0.2, -0.15) is 4.31 Å². The van der Waals surface area contributed by atoms with Crippen LogP contribution in [0.1, 0.15) is 31.2 Å². The van der Waals surface area contributed by atoms with E-state index >= 15 is 0 Å². The van der Waals surface area contributed by atoms with Crippen LogP contribution in [0.5, 0.6) is 0 Å². The Morgan fingerprint density at radius 1 is 1.10 bits per heavy atom. The average molecular weight is 351 g/mol. The third-order valence-electron chi connectivity index (χ3n) is 3.65. The molecule has 118 valence electrons. The van der Waals surface area contributed by atoms with Gasteiger partial charge >= 0.3 is 0 Å². The van der Waals surface area contributed by atoms with Gasteiger partial charge in [0.25, 0.3) is 0 Å². The van der Waals surface area contributed by atoms with E-state index in [1.807, 2.05) is 0 Å². The smallest absolute Gasteiger partial charge is 0.244 e. The van der Waals surface area contributed by atoms with Crippen molar-refractivity contribution >= 4 is 33.2 Å². The summed E-state index contributed by atoms with van der Waals surface area (Å²) in [7, 11) is -1.77. The molecule has 21 heavy (non-hydrogen) atoms. The maximum absolute atomic E-state index is 12.8. The molecular weight excluding hydrogens is 331 g/mol. The van der Waals surface area contributed by atoms with E-state index in [0.29, 0.717) is 24.7 Å². The van der Waals surface area contributed by atoms with Crippen LogP contribution in [-0.2, 0) is 16.6 Å². The molecule has 1 heterocycles. The molecule has 1 aromatic rings. The minimum atomic E-state index is -3.56. The first-order valence-electron chi connectivity index (χ1n) is 7.09. The predicted octanol–water partition coefficient (Wildman–Crippen LogP) is 3.28. The van der Waals surface area contributed by atoms with E-state index in [-0.39, 0.29) is 9.92 Å². The molecule has 1 aliphatic heterocycles. The molecule has 1 fully saturated rings. The van der Waals surface area contributed by atoms with Crippen molar-refractivity contribution in [2.75, 3.05) is 20.1 Å². The quantitative estimate of drug-likeness (QED) is 0.906. The zero-order chi connectivity index (χ0) is 15.5. The number of benzene rings is 1. The lowest BCUT2D eigenvalue weighted by atomic mass is 10.2. The zero-order valence-corrected chi connectivity index (χ0v) is 14.4. The monoisotopic (exact) mass is 350 g/mol. The number of rotatable bonds is 4. The summed E-state index contributed by atoms with van der Waals surface area (Å²) in [4.78, 5) is 0.153. The lowest BCUT2D eigenvalue weighted by molar-refractivity contribution is 0.423. The molecule has 0 radical (unpaired) electrons. The van der Waals surface area contributed by atoms with Gasteiger partial charge < -0.3 is 5.32 Å². The van der Waals surface area contributed by atoms with Crippen LogP contribution in [0.2, 0.25) is 10.0 Å². The summed E-state index contributed by atoms with van der Waals surface area (Å²) in [6.07, 6.45) is 3.94. The fourth-order valence-corrected chi connectivity index (χ4v) is 4.87. The lowest BCUT2D eigenvalue weighted by Gasteiger charge is -2.21. The standard InChI is InChI=1S/C14H20Cl2N2O2S/c1-17-10-11-8-14(13(16)9-12(11)15)21(19,20)18-6-4-2-3-5-7-18/h8-9,17H,2-7,10H2,1H3. The number of halogens is 2. The molecule has 4 nitrogen and oxygen atoms in total. The van der Waals surface area contributed by atoms with Gasteiger partial charge in [-0.25, -0.2) is 8.42 Å². The maximum Gasteiger partial charge on any atom is 0.244 e. The number of hydrogen-bond acceptors (Lipinski definition) is 3. The van der Waals surface area contributed by atoms with Crippen LogP contribution in [0.25, 0.3) is 0 Å². The van der Waals surface area contributed by atoms with Gasteiger partial charge in [0, 0.05) is 24.7 Å². The van der Waals surface area contributed by atoms with Crippen molar-refractivity contribution in [1.82, 2.24) is 9.62 Å². The van der Waals surface area contributed by atoms with Gasteiger partial charge in [0.1, 0.15) is 4.90 Å². The first kappa shape index (κ1) is 17.0. The minimum Gasteiger partial charge on any atom is -0.316 e. The van der Waals surface area contributed by atoms with Gasteiger partial charge in [-0.3, -0.25) is 0 Å². The Kier molecular flexibility index (Phi) is 5.91. The van der Waals surface area contributed by atoms with Crippen LogP contribution >= 0.6 is 23.2 Å². The van der Waals surface area contributed by atoms with Gasteiger partial charge in [-0.15, -0.1) is 0 Å². The lowest BCUT2D eigenvalue weighted by Crippen LogP contribution is -2.32. The highest BCUT2D eigenvalue weighted by Crippen LogP contribution is 2.31. The maximum atomic E-state index is 12.8. The summed E-state index contributed by atoms with van der Waals surface area (Å²) < 4.78 is 27.2. The van der Waals surface area contributed by atoms with E-state index in [4.69, 9.17) is 23.2 Å². The fraction of sp³-hybridized carbons (Fsp3) is 0.571. The van der Waals surface area contributed by atoms with E-state index in [0.717, 1.165) is 31.2 Å². The van der Waals surface area contributed by atoms with Crippen molar-refractivity contribution in [1.29, 1.82) is 0 Å². The first-order chi connectivity index (χ1) is 9.96. The van der Waals surface area contributed by atoms with Crippen LogP contribution in [0, 0.1) is 0 Å². The molecule has 0 bridgehead atoms. The van der Waals surface area contributed by atoms with E-state index < -0.39 is 10.0 Å². The normalized spacial score (nSPS) is 17.7. The van der Waals surface area contributed by atoms with E-state index in [9.17, 15) is 8.42 Å². The van der Waals surface area contributed by atoms with E-state index in [1.54, 1.807) is 13.1 Å². The Labute approximate surface area is 136 Å². The molecule has 0 saturated carbocycles. The Balaban J connectivity index is 2.40. The third-order valence-corrected chi connectivity index (χ3v) is 6.37. The molecule has 0 aliphatic carbocycles. The molecule has 1 N–H and O–H groups in total. The first-order valence-corrected chi connectivity index (χ1v) is 9.29. The highest BCUT2D eigenvalue weighted by molar-refractivity contribution is 7.89. The van der Waals surface area contributed by atoms with Crippen molar-refractivity contribution < 1.29 is 8.42 Å². The van der Waals surface area contributed by atoms with E-state index in [1.165, 1.54) is 10.4 Å². The molecule has 0 aromatic heterocycles. The second kappa shape index (κ2) is 7.29. The van der Waals surface area contributed by atoms with Crippen LogP contribution in [-0.4, -0.2) is 32.9 Å². The van der Waals surface area contributed by atoms with Gasteiger partial charge in [-0.1, -0.05) is 36.0 Å². The van der Waals surface area contributed by atoms with Crippen molar-refractivity contribution in [3.8, 4) is 0 Å². The molecule has 0 amide bonds. The SMILES string of the molecule is CNCc1cc(S(=O)(=O)N2CCCCCC2)c(Cl)cc1Cl. The molecule has 0 spiro atoms. The van der Waals surface area contributed by atoms with E-state index in [2.05, 4.69) is 5.32 Å². The topological polar surface area (TPSA) is 49.4 Å². The summed E-state index contributed by atoms with van der Waals surface area (Å²) in [5, 5.41) is 3.64. The summed E-state index contributed by atoms with van der Waals surface area (Å²) in [5.74, 6) is 0. The summed E-state index contributed by atoms with van der Waals surface area (Å²) in [6, 6.07) is 3.10. The second-order valence-corrected chi connectivity index (χ2v) is 7.94. The Hall–Kier alpha value is -0.330. The van der Waals surface area contributed by atoms with Crippen molar-refractivity contribution in [3.05, 3.63) is 27.7 Å². The molecule has 0 atom stereocenters. The fourth-order valence-electron chi connectivity index (χ4n) is 2.52. The predicted molar refractivity (Wildman–Crippen MR) is 86.5 cm³/mol. The Morgan fingerprint density at radius 2 is 1.71 bits per heavy atom.